The van der Waals surface area contributed by atoms with Crippen molar-refractivity contribution in [3.8, 4) is 0 Å². The first-order chi connectivity index (χ1) is 24.6. The number of nitrogens with zero attached hydrogens (tertiary/aromatic N) is 1. The standard InChI is InChI=1S/C43H75NO7/c1-6-8-10-12-14-16-18-19-20-21-22-24-26-28-30-32-34-42(46)51-39(37-49-36-35-40(43(47)48)44(3,4)5)38-50-41(45)33-31-29-27-25-23-17-15-13-11-9-7-2/h9,11,15,17,20-21,25,27,39-40H,6-8,10,12-14,16,18-19,22-24,26,28-38H2,1-5H3/b11-9+,17-15+,21-20+,27-25+. The summed E-state index contributed by atoms with van der Waals surface area (Å²) in [6.07, 6.45) is 38.6. The lowest BCUT2D eigenvalue weighted by Crippen LogP contribution is -2.55. The molecule has 0 aromatic heterocycles. The van der Waals surface area contributed by atoms with Gasteiger partial charge < -0.3 is 28.6 Å². The number of ether oxygens (including phenoxy) is 3. The van der Waals surface area contributed by atoms with Crippen LogP contribution in [0.4, 0.5) is 0 Å². The molecular formula is C43H75NO7. The summed E-state index contributed by atoms with van der Waals surface area (Å²) < 4.78 is 17.0. The topological polar surface area (TPSA) is 102 Å². The van der Waals surface area contributed by atoms with E-state index in [1.165, 1.54) is 57.8 Å². The molecule has 0 fully saturated rings. The lowest BCUT2D eigenvalue weighted by atomic mass is 10.1. The van der Waals surface area contributed by atoms with Crippen LogP contribution in [-0.4, -0.2) is 75.5 Å². The molecule has 8 nitrogen and oxygen atoms in total. The molecule has 294 valence electrons. The normalized spacial score (nSPS) is 13.5. The average molecular weight is 718 g/mol. The number of hydrogen-bond acceptors (Lipinski definition) is 7. The second-order valence-corrected chi connectivity index (χ2v) is 14.5. The molecule has 0 saturated heterocycles. The van der Waals surface area contributed by atoms with Crippen LogP contribution in [0.2, 0.25) is 0 Å². The Balaban J connectivity index is 4.45. The van der Waals surface area contributed by atoms with Crippen LogP contribution in [-0.2, 0) is 28.6 Å². The van der Waals surface area contributed by atoms with Crippen LogP contribution in [0.1, 0.15) is 155 Å². The molecule has 0 bridgehead atoms. The van der Waals surface area contributed by atoms with Crippen molar-refractivity contribution in [3.05, 3.63) is 48.6 Å². The largest absolute Gasteiger partial charge is 0.544 e. The van der Waals surface area contributed by atoms with Crippen molar-refractivity contribution < 1.29 is 38.2 Å². The first-order valence-corrected chi connectivity index (χ1v) is 20.2. The minimum absolute atomic E-state index is 0.0207. The van der Waals surface area contributed by atoms with Gasteiger partial charge in [0.2, 0.25) is 0 Å². The van der Waals surface area contributed by atoms with E-state index in [2.05, 4.69) is 62.5 Å². The van der Waals surface area contributed by atoms with Crippen molar-refractivity contribution in [2.75, 3.05) is 41.0 Å². The van der Waals surface area contributed by atoms with Gasteiger partial charge in [-0.25, -0.2) is 0 Å². The Bertz CT molecular complexity index is 979. The van der Waals surface area contributed by atoms with Crippen LogP contribution in [0, 0.1) is 0 Å². The number of carboxylic acids is 1. The average Bonchev–Trinajstić information content (AvgIpc) is 3.08. The van der Waals surface area contributed by atoms with Gasteiger partial charge in [-0.3, -0.25) is 9.59 Å². The van der Waals surface area contributed by atoms with Gasteiger partial charge >= 0.3 is 11.9 Å². The number of likely N-dealkylation sites (N-methyl/N-ethyl adjacent to an activating group) is 1. The number of allylic oxidation sites excluding steroid dienone is 8. The van der Waals surface area contributed by atoms with E-state index in [4.69, 9.17) is 14.2 Å². The molecule has 0 aromatic rings. The van der Waals surface area contributed by atoms with Crippen LogP contribution in [0.3, 0.4) is 0 Å². The lowest BCUT2D eigenvalue weighted by molar-refractivity contribution is -0.889. The van der Waals surface area contributed by atoms with Crippen LogP contribution in [0.5, 0.6) is 0 Å². The van der Waals surface area contributed by atoms with Crippen LogP contribution in [0.15, 0.2) is 48.6 Å². The highest BCUT2D eigenvalue weighted by molar-refractivity contribution is 5.70. The molecule has 51 heavy (non-hydrogen) atoms. The highest BCUT2D eigenvalue weighted by atomic mass is 16.6. The van der Waals surface area contributed by atoms with Crippen molar-refractivity contribution in [3.63, 3.8) is 0 Å². The third-order valence-corrected chi connectivity index (χ3v) is 8.70. The summed E-state index contributed by atoms with van der Waals surface area (Å²) in [5.41, 5.74) is 0. The van der Waals surface area contributed by atoms with Crippen molar-refractivity contribution in [2.45, 2.75) is 167 Å². The number of carbonyl (C=O) groups excluding carboxylic acids is 3. The Hall–Kier alpha value is -2.71. The molecule has 2 unspecified atom stereocenters. The summed E-state index contributed by atoms with van der Waals surface area (Å²) >= 11 is 0. The fourth-order valence-electron chi connectivity index (χ4n) is 5.56. The maximum atomic E-state index is 12.7. The number of carbonyl (C=O) groups is 3. The highest BCUT2D eigenvalue weighted by Gasteiger charge is 2.25. The molecule has 2 atom stereocenters. The number of esters is 2. The van der Waals surface area contributed by atoms with Gasteiger partial charge in [0.25, 0.3) is 0 Å². The predicted octanol–water partition coefficient (Wildman–Crippen LogP) is 9.13. The summed E-state index contributed by atoms with van der Waals surface area (Å²) in [6.45, 7) is 4.46. The van der Waals surface area contributed by atoms with Gasteiger partial charge in [-0.05, 0) is 64.2 Å². The number of rotatable bonds is 35. The number of aliphatic carboxylic acids is 1. The van der Waals surface area contributed by atoms with E-state index < -0.39 is 18.1 Å². The van der Waals surface area contributed by atoms with Crippen molar-refractivity contribution in [1.29, 1.82) is 0 Å². The quantitative estimate of drug-likeness (QED) is 0.0279. The zero-order valence-corrected chi connectivity index (χ0v) is 33.3. The Morgan fingerprint density at radius 3 is 1.71 bits per heavy atom. The molecule has 0 rings (SSSR count). The number of carboxylic acid groups (broad SMARTS) is 1. The van der Waals surface area contributed by atoms with Crippen LogP contribution in [0.25, 0.3) is 0 Å². The molecule has 0 N–H and O–H groups in total. The third kappa shape index (κ3) is 32.9. The van der Waals surface area contributed by atoms with Gasteiger partial charge in [0, 0.05) is 19.3 Å². The van der Waals surface area contributed by atoms with E-state index in [0.717, 1.165) is 57.8 Å². The molecule has 0 saturated carbocycles. The van der Waals surface area contributed by atoms with E-state index in [1.807, 2.05) is 0 Å². The number of unbranched alkanes of at least 4 members (excludes halogenated alkanes) is 13. The number of quaternary nitrogens is 1. The fraction of sp³-hybridized carbons (Fsp3) is 0.744. The third-order valence-electron chi connectivity index (χ3n) is 8.70. The molecule has 0 aromatic carbocycles. The highest BCUT2D eigenvalue weighted by Crippen LogP contribution is 2.12. The minimum Gasteiger partial charge on any atom is -0.544 e. The summed E-state index contributed by atoms with van der Waals surface area (Å²) in [5, 5.41) is 11.6. The molecule has 0 aliphatic rings. The van der Waals surface area contributed by atoms with Gasteiger partial charge in [-0.15, -0.1) is 0 Å². The van der Waals surface area contributed by atoms with Gasteiger partial charge in [-0.1, -0.05) is 120 Å². The molecular weight excluding hydrogens is 642 g/mol. The second kappa shape index (κ2) is 34.4. The van der Waals surface area contributed by atoms with Crippen molar-refractivity contribution in [2.24, 2.45) is 0 Å². The summed E-state index contributed by atoms with van der Waals surface area (Å²) in [5.74, 6) is -1.82. The van der Waals surface area contributed by atoms with Gasteiger partial charge in [-0.2, -0.15) is 0 Å². The molecule has 0 heterocycles. The van der Waals surface area contributed by atoms with Crippen molar-refractivity contribution in [1.82, 2.24) is 0 Å². The first kappa shape index (κ1) is 48.3. The van der Waals surface area contributed by atoms with Crippen molar-refractivity contribution >= 4 is 17.9 Å². The Morgan fingerprint density at radius 1 is 0.608 bits per heavy atom. The fourth-order valence-corrected chi connectivity index (χ4v) is 5.56. The first-order valence-electron chi connectivity index (χ1n) is 20.2. The maximum absolute atomic E-state index is 12.7. The summed E-state index contributed by atoms with van der Waals surface area (Å²) in [6, 6.07) is -0.734. The molecule has 0 spiro atoms. The smallest absolute Gasteiger partial charge is 0.306 e. The predicted molar refractivity (Wildman–Crippen MR) is 208 cm³/mol. The summed E-state index contributed by atoms with van der Waals surface area (Å²) in [4.78, 5) is 36.7. The maximum Gasteiger partial charge on any atom is 0.306 e. The molecule has 0 radical (unpaired) electrons. The van der Waals surface area contributed by atoms with E-state index in [-0.39, 0.29) is 49.1 Å². The molecule has 0 aliphatic heterocycles. The molecule has 0 amide bonds. The van der Waals surface area contributed by atoms with Gasteiger partial charge in [0.1, 0.15) is 12.6 Å². The SMILES string of the molecule is CC/C=C/C/C=C/C/C=C/CCCC(=O)OCC(COCCC(C(=O)[O-])[N+](C)(C)C)OC(=O)CCCCCCC/C=C/CCCCCCCCC. The second-order valence-electron chi connectivity index (χ2n) is 14.5. The number of hydrogen-bond donors (Lipinski definition) is 0. The van der Waals surface area contributed by atoms with Gasteiger partial charge in [0.05, 0.1) is 40.3 Å². The minimum atomic E-state index is -1.13. The zero-order chi connectivity index (χ0) is 37.8. The monoisotopic (exact) mass is 718 g/mol. The van der Waals surface area contributed by atoms with Crippen LogP contribution >= 0.6 is 0 Å². The zero-order valence-electron chi connectivity index (χ0n) is 33.3. The van der Waals surface area contributed by atoms with E-state index in [0.29, 0.717) is 12.8 Å². The molecule has 0 aliphatic carbocycles. The Morgan fingerprint density at radius 2 is 1.12 bits per heavy atom. The summed E-state index contributed by atoms with van der Waals surface area (Å²) in [7, 11) is 5.38. The van der Waals surface area contributed by atoms with E-state index in [1.54, 1.807) is 21.1 Å². The Labute approximate surface area is 312 Å². The van der Waals surface area contributed by atoms with E-state index in [9.17, 15) is 19.5 Å². The lowest BCUT2D eigenvalue weighted by Gasteiger charge is -2.34. The van der Waals surface area contributed by atoms with Crippen LogP contribution < -0.4 is 5.11 Å². The Kier molecular flexibility index (Phi) is 32.6. The van der Waals surface area contributed by atoms with E-state index >= 15 is 0 Å². The van der Waals surface area contributed by atoms with Gasteiger partial charge in [0.15, 0.2) is 6.10 Å². The molecule has 8 heteroatoms.